The lowest BCUT2D eigenvalue weighted by Gasteiger charge is -2.13. The SMILES string of the molecule is CC(C)C(C#N)C(=O)CCC1CCCC1. The minimum atomic E-state index is -0.383. The molecule has 0 N–H and O–H groups in total. The molecule has 1 rings (SSSR count). The van der Waals surface area contributed by atoms with Crippen LogP contribution >= 0.6 is 0 Å². The van der Waals surface area contributed by atoms with Gasteiger partial charge in [-0.3, -0.25) is 4.79 Å². The van der Waals surface area contributed by atoms with Crippen LogP contribution in [0.5, 0.6) is 0 Å². The molecule has 0 radical (unpaired) electrons. The van der Waals surface area contributed by atoms with Crippen molar-refractivity contribution in [2.75, 3.05) is 0 Å². The Morgan fingerprint density at radius 3 is 2.47 bits per heavy atom. The van der Waals surface area contributed by atoms with Crippen LogP contribution in [-0.4, -0.2) is 5.78 Å². The van der Waals surface area contributed by atoms with Gasteiger partial charge in [-0.1, -0.05) is 39.5 Å². The number of nitrogens with zero attached hydrogens (tertiary/aromatic N) is 1. The van der Waals surface area contributed by atoms with Crippen molar-refractivity contribution in [3.8, 4) is 6.07 Å². The van der Waals surface area contributed by atoms with Crippen LogP contribution < -0.4 is 0 Å². The first-order valence-corrected chi connectivity index (χ1v) is 6.07. The molecular weight excluding hydrogens is 186 g/mol. The van der Waals surface area contributed by atoms with Gasteiger partial charge in [-0.15, -0.1) is 0 Å². The topological polar surface area (TPSA) is 40.9 Å². The highest BCUT2D eigenvalue weighted by molar-refractivity contribution is 5.83. The van der Waals surface area contributed by atoms with Gasteiger partial charge in [0, 0.05) is 6.42 Å². The molecule has 1 atom stereocenters. The Bertz CT molecular complexity index is 246. The molecule has 0 bridgehead atoms. The standard InChI is InChI=1S/C13H21NO/c1-10(2)12(9-14)13(15)8-7-11-5-3-4-6-11/h10-12H,3-8H2,1-2H3. The number of Topliss-reactive ketones (excluding diaryl/α,β-unsaturated/α-hetero) is 1. The zero-order chi connectivity index (χ0) is 11.3. The fraction of sp³-hybridized carbons (Fsp3) is 0.846. The van der Waals surface area contributed by atoms with E-state index in [0.717, 1.165) is 12.3 Å². The molecule has 2 heteroatoms. The van der Waals surface area contributed by atoms with Crippen molar-refractivity contribution in [1.29, 1.82) is 5.26 Å². The maximum atomic E-state index is 11.7. The number of carbonyl (C=O) groups is 1. The van der Waals surface area contributed by atoms with E-state index in [1.165, 1.54) is 25.7 Å². The Morgan fingerprint density at radius 2 is 2.00 bits per heavy atom. The van der Waals surface area contributed by atoms with Crippen molar-refractivity contribution in [2.45, 2.75) is 52.4 Å². The number of hydrogen-bond donors (Lipinski definition) is 0. The van der Waals surface area contributed by atoms with Crippen LogP contribution in [-0.2, 0) is 4.79 Å². The molecular formula is C13H21NO. The van der Waals surface area contributed by atoms with E-state index < -0.39 is 0 Å². The third kappa shape index (κ3) is 3.66. The number of ketones is 1. The summed E-state index contributed by atoms with van der Waals surface area (Å²) < 4.78 is 0. The van der Waals surface area contributed by atoms with E-state index in [1.807, 2.05) is 13.8 Å². The second-order valence-electron chi connectivity index (χ2n) is 5.01. The van der Waals surface area contributed by atoms with Gasteiger partial charge in [-0.05, 0) is 18.3 Å². The van der Waals surface area contributed by atoms with Crippen LogP contribution in [0.1, 0.15) is 52.4 Å². The molecule has 1 saturated carbocycles. The number of rotatable bonds is 5. The summed E-state index contributed by atoms with van der Waals surface area (Å²) >= 11 is 0. The summed E-state index contributed by atoms with van der Waals surface area (Å²) in [4.78, 5) is 11.7. The van der Waals surface area contributed by atoms with Crippen LogP contribution in [0.4, 0.5) is 0 Å². The van der Waals surface area contributed by atoms with Crippen LogP contribution in [0.15, 0.2) is 0 Å². The summed E-state index contributed by atoms with van der Waals surface area (Å²) in [5.74, 6) is 0.678. The summed E-state index contributed by atoms with van der Waals surface area (Å²) in [7, 11) is 0. The summed E-state index contributed by atoms with van der Waals surface area (Å²) in [6.45, 7) is 3.89. The molecule has 1 fully saturated rings. The maximum Gasteiger partial charge on any atom is 0.150 e. The predicted octanol–water partition coefficient (Wildman–Crippen LogP) is 3.32. The molecule has 0 amide bonds. The van der Waals surface area contributed by atoms with Crippen molar-refractivity contribution in [3.63, 3.8) is 0 Å². The van der Waals surface area contributed by atoms with Gasteiger partial charge < -0.3 is 0 Å². The van der Waals surface area contributed by atoms with Crippen molar-refractivity contribution >= 4 is 5.78 Å². The normalized spacial score (nSPS) is 19.1. The fourth-order valence-electron chi connectivity index (χ4n) is 2.39. The molecule has 2 nitrogen and oxygen atoms in total. The van der Waals surface area contributed by atoms with E-state index in [0.29, 0.717) is 6.42 Å². The molecule has 84 valence electrons. The average molecular weight is 207 g/mol. The Hall–Kier alpha value is -0.840. The Labute approximate surface area is 92.7 Å². The molecule has 0 saturated heterocycles. The quantitative estimate of drug-likeness (QED) is 0.694. The van der Waals surface area contributed by atoms with E-state index in [9.17, 15) is 4.79 Å². The molecule has 0 aromatic rings. The first kappa shape index (κ1) is 12.2. The second kappa shape index (κ2) is 5.90. The summed E-state index contributed by atoms with van der Waals surface area (Å²) in [6, 6.07) is 2.13. The first-order valence-electron chi connectivity index (χ1n) is 6.07. The van der Waals surface area contributed by atoms with Gasteiger partial charge in [0.2, 0.25) is 0 Å². The molecule has 1 unspecified atom stereocenters. The highest BCUT2D eigenvalue weighted by Gasteiger charge is 2.23. The van der Waals surface area contributed by atoms with Gasteiger partial charge >= 0.3 is 0 Å². The Balaban J connectivity index is 2.31. The van der Waals surface area contributed by atoms with Crippen LogP contribution in [0.25, 0.3) is 0 Å². The van der Waals surface area contributed by atoms with Gasteiger partial charge in [0.15, 0.2) is 0 Å². The Kier molecular flexibility index (Phi) is 4.81. The number of carbonyl (C=O) groups excluding carboxylic acids is 1. The van der Waals surface area contributed by atoms with E-state index in [2.05, 4.69) is 6.07 Å². The zero-order valence-electron chi connectivity index (χ0n) is 9.83. The summed E-state index contributed by atoms with van der Waals surface area (Å²) in [6.07, 6.45) is 6.83. The fourth-order valence-corrected chi connectivity index (χ4v) is 2.39. The zero-order valence-corrected chi connectivity index (χ0v) is 9.83. The monoisotopic (exact) mass is 207 g/mol. The van der Waals surface area contributed by atoms with E-state index in [4.69, 9.17) is 5.26 Å². The van der Waals surface area contributed by atoms with Crippen LogP contribution in [0, 0.1) is 29.1 Å². The van der Waals surface area contributed by atoms with E-state index >= 15 is 0 Å². The van der Waals surface area contributed by atoms with E-state index in [-0.39, 0.29) is 17.6 Å². The second-order valence-corrected chi connectivity index (χ2v) is 5.01. The minimum Gasteiger partial charge on any atom is -0.298 e. The maximum absolute atomic E-state index is 11.7. The Morgan fingerprint density at radius 1 is 1.40 bits per heavy atom. The molecule has 0 aromatic carbocycles. The van der Waals surface area contributed by atoms with Crippen LogP contribution in [0.3, 0.4) is 0 Å². The largest absolute Gasteiger partial charge is 0.298 e. The van der Waals surface area contributed by atoms with Crippen molar-refractivity contribution in [1.82, 2.24) is 0 Å². The lowest BCUT2D eigenvalue weighted by Crippen LogP contribution is -2.19. The van der Waals surface area contributed by atoms with Gasteiger partial charge in [0.1, 0.15) is 11.7 Å². The highest BCUT2D eigenvalue weighted by atomic mass is 16.1. The van der Waals surface area contributed by atoms with Crippen LogP contribution in [0.2, 0.25) is 0 Å². The summed E-state index contributed by atoms with van der Waals surface area (Å²) in [5, 5.41) is 8.89. The third-order valence-corrected chi connectivity index (χ3v) is 3.43. The first-order chi connectivity index (χ1) is 7.15. The average Bonchev–Trinajstić information content (AvgIpc) is 2.67. The van der Waals surface area contributed by atoms with Gasteiger partial charge in [-0.25, -0.2) is 0 Å². The molecule has 0 aliphatic heterocycles. The molecule has 1 aliphatic carbocycles. The lowest BCUT2D eigenvalue weighted by molar-refractivity contribution is -0.122. The van der Waals surface area contributed by atoms with Crippen molar-refractivity contribution < 1.29 is 4.79 Å². The highest BCUT2D eigenvalue weighted by Crippen LogP contribution is 2.29. The smallest absolute Gasteiger partial charge is 0.150 e. The van der Waals surface area contributed by atoms with Gasteiger partial charge in [0.25, 0.3) is 0 Å². The van der Waals surface area contributed by atoms with E-state index in [1.54, 1.807) is 0 Å². The molecule has 1 aliphatic rings. The lowest BCUT2D eigenvalue weighted by atomic mass is 9.88. The molecule has 0 heterocycles. The number of nitriles is 1. The molecule has 0 spiro atoms. The van der Waals surface area contributed by atoms with Crippen molar-refractivity contribution in [3.05, 3.63) is 0 Å². The van der Waals surface area contributed by atoms with Gasteiger partial charge in [0.05, 0.1) is 6.07 Å². The van der Waals surface area contributed by atoms with Gasteiger partial charge in [-0.2, -0.15) is 5.26 Å². The number of hydrogen-bond acceptors (Lipinski definition) is 2. The predicted molar refractivity (Wildman–Crippen MR) is 60.1 cm³/mol. The minimum absolute atomic E-state index is 0.152. The summed E-state index contributed by atoms with van der Waals surface area (Å²) in [5.41, 5.74) is 0. The molecule has 0 aromatic heterocycles. The molecule has 15 heavy (non-hydrogen) atoms. The van der Waals surface area contributed by atoms with Crippen molar-refractivity contribution in [2.24, 2.45) is 17.8 Å². The third-order valence-electron chi connectivity index (χ3n) is 3.43.